The molecule has 1 fully saturated rings. The van der Waals surface area contributed by atoms with Crippen LogP contribution in [0.2, 0.25) is 0 Å². The van der Waals surface area contributed by atoms with Gasteiger partial charge in [-0.25, -0.2) is 0 Å². The third-order valence-corrected chi connectivity index (χ3v) is 12.8. The predicted molar refractivity (Wildman–Crippen MR) is 143 cm³/mol. The summed E-state index contributed by atoms with van der Waals surface area (Å²) in [6.45, 7) is 12.2. The Bertz CT molecular complexity index is 1120. The summed E-state index contributed by atoms with van der Waals surface area (Å²) in [4.78, 5) is 2.95. The third-order valence-electron chi connectivity index (χ3n) is 8.05. The Morgan fingerprint density at radius 1 is 0.871 bits per heavy atom. The molecule has 3 heteroatoms. The molecule has 0 aliphatic heterocycles. The average molecular weight is 509 g/mol. The molecule has 2 aromatic carbocycles. The number of rotatable bonds is 4. The monoisotopic (exact) mass is 508 g/mol. The van der Waals surface area contributed by atoms with Crippen molar-refractivity contribution < 1.29 is 0 Å². The second-order valence-electron chi connectivity index (χ2n) is 9.81. The molecule has 2 aliphatic rings. The molecule has 0 spiro atoms. The van der Waals surface area contributed by atoms with Gasteiger partial charge in [0.25, 0.3) is 0 Å². The first kappa shape index (κ1) is 21.6. The fourth-order valence-electron chi connectivity index (χ4n) is 6.02. The molecular weight excluding hydrogens is 479 g/mol. The molecule has 0 radical (unpaired) electrons. The molecule has 1 saturated carbocycles. The van der Waals surface area contributed by atoms with E-state index in [4.69, 9.17) is 0 Å². The van der Waals surface area contributed by atoms with E-state index < -0.39 is 7.92 Å². The van der Waals surface area contributed by atoms with Crippen molar-refractivity contribution in [3.63, 3.8) is 0 Å². The van der Waals surface area contributed by atoms with Crippen molar-refractivity contribution in [2.45, 2.75) is 47.5 Å². The summed E-state index contributed by atoms with van der Waals surface area (Å²) >= 11 is 6.13. The lowest BCUT2D eigenvalue weighted by atomic mass is 9.66. The first-order valence-electron chi connectivity index (χ1n) is 11.2. The van der Waals surface area contributed by atoms with Crippen LogP contribution in [0.3, 0.4) is 0 Å². The molecule has 0 nitrogen and oxygen atoms in total. The van der Waals surface area contributed by atoms with E-state index >= 15 is 0 Å². The minimum atomic E-state index is -0.609. The maximum Gasteiger partial charge on any atom is 0.0107 e. The van der Waals surface area contributed by atoms with Gasteiger partial charge in [-0.05, 0) is 67.5 Å². The van der Waals surface area contributed by atoms with Gasteiger partial charge in [0.2, 0.25) is 0 Å². The third kappa shape index (κ3) is 3.09. The average Bonchev–Trinajstić information content (AvgIpc) is 3.21. The molecule has 3 aromatic rings. The topological polar surface area (TPSA) is 0 Å². The summed E-state index contributed by atoms with van der Waals surface area (Å²) in [5.41, 5.74) is 3.66. The number of aryl methyl sites for hydroxylation is 2. The Hall–Kier alpha value is -1.21. The highest BCUT2D eigenvalue weighted by Gasteiger charge is 2.61. The van der Waals surface area contributed by atoms with Crippen molar-refractivity contribution in [2.24, 2.45) is 16.7 Å². The lowest BCUT2D eigenvalue weighted by Crippen LogP contribution is -2.31. The number of allylic oxidation sites excluding steroid dienone is 2. The molecule has 2 aliphatic carbocycles. The maximum atomic E-state index is 4.14. The zero-order valence-corrected chi connectivity index (χ0v) is 22.3. The van der Waals surface area contributed by atoms with Crippen molar-refractivity contribution in [1.29, 1.82) is 0 Å². The molecule has 0 N–H and O–H groups in total. The van der Waals surface area contributed by atoms with E-state index in [9.17, 15) is 0 Å². The number of halogens is 1. The van der Waals surface area contributed by atoms with Gasteiger partial charge in [-0.3, -0.25) is 0 Å². The van der Waals surface area contributed by atoms with Crippen LogP contribution in [0.4, 0.5) is 0 Å². The Labute approximate surface area is 200 Å². The van der Waals surface area contributed by atoms with Crippen LogP contribution >= 0.6 is 35.2 Å². The van der Waals surface area contributed by atoms with Crippen molar-refractivity contribution in [3.8, 4) is 0 Å². The normalized spacial score (nSPS) is 24.4. The van der Waals surface area contributed by atoms with E-state index in [-0.39, 0.29) is 5.41 Å². The van der Waals surface area contributed by atoms with Crippen LogP contribution in [-0.4, -0.2) is 0 Å². The Morgan fingerprint density at radius 3 is 1.90 bits per heavy atom. The lowest BCUT2D eigenvalue weighted by molar-refractivity contribution is 0.189. The van der Waals surface area contributed by atoms with Gasteiger partial charge in [0.1, 0.15) is 0 Å². The molecule has 1 heterocycles. The molecule has 0 saturated heterocycles. The second kappa shape index (κ2) is 7.68. The first-order valence-corrected chi connectivity index (χ1v) is 14.1. The highest BCUT2D eigenvalue weighted by Crippen LogP contribution is 2.72. The van der Waals surface area contributed by atoms with E-state index in [0.29, 0.717) is 11.3 Å². The van der Waals surface area contributed by atoms with Gasteiger partial charge >= 0.3 is 0 Å². The number of benzene rings is 2. The van der Waals surface area contributed by atoms with Crippen LogP contribution in [0.1, 0.15) is 48.9 Å². The largest absolute Gasteiger partial charge is 0.145 e. The highest BCUT2D eigenvalue weighted by atomic mass is 79.9. The Kier molecular flexibility index (Phi) is 5.36. The zero-order chi connectivity index (χ0) is 22.0. The molecule has 0 amide bonds. The van der Waals surface area contributed by atoms with Gasteiger partial charge in [0, 0.05) is 25.1 Å². The Balaban J connectivity index is 1.79. The molecule has 2 atom stereocenters. The summed E-state index contributed by atoms with van der Waals surface area (Å²) in [5.74, 6) is 0.639. The quantitative estimate of drug-likeness (QED) is 0.317. The number of hydrogen-bond acceptors (Lipinski definition) is 1. The fraction of sp³-hybridized carbons (Fsp3) is 0.357. The van der Waals surface area contributed by atoms with Crippen LogP contribution in [0, 0.1) is 30.6 Å². The molecule has 5 rings (SSSR count). The molecule has 2 bridgehead atoms. The molecular formula is C28H30BrPS. The van der Waals surface area contributed by atoms with Gasteiger partial charge < -0.3 is 0 Å². The van der Waals surface area contributed by atoms with Crippen LogP contribution in [0.5, 0.6) is 0 Å². The molecule has 1 aromatic heterocycles. The van der Waals surface area contributed by atoms with Gasteiger partial charge in [-0.2, -0.15) is 0 Å². The fourth-order valence-corrected chi connectivity index (χ4v) is 11.5. The van der Waals surface area contributed by atoms with Crippen molar-refractivity contribution >= 4 is 56.7 Å². The maximum absolute atomic E-state index is 4.14. The van der Waals surface area contributed by atoms with Gasteiger partial charge in [0.15, 0.2) is 0 Å². The smallest absolute Gasteiger partial charge is 0.0107 e. The highest BCUT2D eigenvalue weighted by molar-refractivity contribution is 9.11. The van der Waals surface area contributed by atoms with Crippen LogP contribution in [-0.2, 0) is 0 Å². The minimum Gasteiger partial charge on any atom is -0.145 e. The van der Waals surface area contributed by atoms with E-state index in [1.807, 2.05) is 11.3 Å². The summed E-state index contributed by atoms with van der Waals surface area (Å²) in [7, 11) is -0.609. The second-order valence-corrected chi connectivity index (χ2v) is 14.2. The van der Waals surface area contributed by atoms with Gasteiger partial charge in [0.05, 0.1) is 0 Å². The molecule has 31 heavy (non-hydrogen) atoms. The van der Waals surface area contributed by atoms with Gasteiger partial charge in [-0.15, -0.1) is 11.3 Å². The summed E-state index contributed by atoms with van der Waals surface area (Å²) in [6, 6.07) is 22.3. The SMILES string of the molecule is Cc1sc(C)c(P(c2ccccc2)c2ccccc2)c1C1=C(Br)[C@@H]2CC[C@@]1(C)C2(C)C. The van der Waals surface area contributed by atoms with E-state index in [1.54, 1.807) is 16.4 Å². The van der Waals surface area contributed by atoms with Gasteiger partial charge in [-0.1, -0.05) is 97.4 Å². The van der Waals surface area contributed by atoms with Crippen LogP contribution in [0.25, 0.3) is 5.57 Å². The number of hydrogen-bond donors (Lipinski definition) is 0. The summed E-state index contributed by atoms with van der Waals surface area (Å²) < 4.78 is 1.48. The van der Waals surface area contributed by atoms with E-state index in [1.165, 1.54) is 37.7 Å². The van der Waals surface area contributed by atoms with Crippen molar-refractivity contribution in [3.05, 3.63) is 80.5 Å². The Morgan fingerprint density at radius 2 is 1.42 bits per heavy atom. The number of thiophene rings is 1. The minimum absolute atomic E-state index is 0.220. The predicted octanol–water partition coefficient (Wildman–Crippen LogP) is 7.69. The zero-order valence-electron chi connectivity index (χ0n) is 19.0. The van der Waals surface area contributed by atoms with E-state index in [2.05, 4.69) is 111 Å². The van der Waals surface area contributed by atoms with Crippen molar-refractivity contribution in [1.82, 2.24) is 0 Å². The number of fused-ring (bicyclic) bond motifs is 2. The lowest BCUT2D eigenvalue weighted by Gasteiger charge is -2.38. The summed E-state index contributed by atoms with van der Waals surface area (Å²) in [5, 5.41) is 4.46. The molecule has 0 unspecified atom stereocenters. The summed E-state index contributed by atoms with van der Waals surface area (Å²) in [6.07, 6.45) is 2.59. The molecule has 160 valence electrons. The van der Waals surface area contributed by atoms with Crippen LogP contribution < -0.4 is 15.9 Å². The van der Waals surface area contributed by atoms with E-state index in [0.717, 1.165) is 0 Å². The standard InChI is InChI=1S/C28H30BrPS/c1-18-23(24-25(29)22-16-17-28(24,5)27(22,3)4)26(19(2)31-18)30(20-12-8-6-9-13-20)21-14-10-7-11-15-21/h6-15,22H,16-17H2,1-5H3/t22-,28+/m0/s1. The first-order chi connectivity index (χ1) is 14.8. The van der Waals surface area contributed by atoms with Crippen molar-refractivity contribution in [2.75, 3.05) is 0 Å². The van der Waals surface area contributed by atoms with Crippen LogP contribution in [0.15, 0.2) is 65.1 Å².